The van der Waals surface area contributed by atoms with Gasteiger partial charge in [0.25, 0.3) is 0 Å². The van der Waals surface area contributed by atoms with E-state index in [2.05, 4.69) is 0 Å². The zero-order valence-electron chi connectivity index (χ0n) is 9.66. The molecule has 3 heteroatoms. The normalized spacial score (nSPS) is 14.3. The van der Waals surface area contributed by atoms with E-state index in [1.807, 2.05) is 19.0 Å². The van der Waals surface area contributed by atoms with Crippen molar-refractivity contribution < 1.29 is 9.50 Å². The highest BCUT2D eigenvalue weighted by molar-refractivity contribution is 5.23. The van der Waals surface area contributed by atoms with Crippen LogP contribution in [-0.2, 0) is 0 Å². The lowest BCUT2D eigenvalue weighted by Gasteiger charge is -2.35. The Morgan fingerprint density at radius 2 is 1.80 bits per heavy atom. The number of benzene rings is 1. The van der Waals surface area contributed by atoms with Gasteiger partial charge in [-0.1, -0.05) is 18.2 Å². The minimum Gasteiger partial charge on any atom is -0.388 e. The van der Waals surface area contributed by atoms with Gasteiger partial charge in [0.2, 0.25) is 0 Å². The number of likely N-dealkylation sites (N-methyl/N-ethyl adjacent to an activating group) is 1. The number of halogens is 1. The Labute approximate surface area is 90.3 Å². The van der Waals surface area contributed by atoms with Gasteiger partial charge in [-0.3, -0.25) is 4.90 Å². The van der Waals surface area contributed by atoms with Crippen LogP contribution in [0.1, 0.15) is 25.5 Å². The Hall–Kier alpha value is -0.930. The Kier molecular flexibility index (Phi) is 3.47. The second-order valence-corrected chi connectivity index (χ2v) is 4.54. The molecule has 0 aromatic heterocycles. The van der Waals surface area contributed by atoms with Gasteiger partial charge >= 0.3 is 0 Å². The molecular formula is C12H18FNO. The van der Waals surface area contributed by atoms with E-state index in [1.54, 1.807) is 32.0 Å². The molecule has 0 fully saturated rings. The second-order valence-electron chi connectivity index (χ2n) is 4.54. The predicted octanol–water partition coefficient (Wildman–Crippen LogP) is 2.20. The molecule has 0 heterocycles. The molecule has 0 saturated heterocycles. The molecule has 84 valence electrons. The standard InChI is InChI=1S/C12H18FNO/c1-12(2,15)11(14(3)4)9-7-5-6-8-10(9)13/h5-8,11,15H,1-4H3. The van der Waals surface area contributed by atoms with E-state index >= 15 is 0 Å². The molecule has 0 amide bonds. The summed E-state index contributed by atoms with van der Waals surface area (Å²) in [6.45, 7) is 3.37. The molecule has 0 aliphatic carbocycles. The third-order valence-electron chi connectivity index (χ3n) is 2.39. The van der Waals surface area contributed by atoms with E-state index < -0.39 is 5.60 Å². The fraction of sp³-hybridized carbons (Fsp3) is 0.500. The summed E-state index contributed by atoms with van der Waals surface area (Å²) in [7, 11) is 3.66. The van der Waals surface area contributed by atoms with Gasteiger partial charge in [-0.2, -0.15) is 0 Å². The monoisotopic (exact) mass is 211 g/mol. The van der Waals surface area contributed by atoms with E-state index in [0.29, 0.717) is 5.56 Å². The molecule has 1 aromatic carbocycles. The molecule has 1 atom stereocenters. The van der Waals surface area contributed by atoms with Gasteiger partial charge < -0.3 is 5.11 Å². The van der Waals surface area contributed by atoms with Crippen LogP contribution in [0.25, 0.3) is 0 Å². The summed E-state index contributed by atoms with van der Waals surface area (Å²) in [5.74, 6) is -0.279. The van der Waals surface area contributed by atoms with Gasteiger partial charge in [-0.05, 0) is 34.0 Å². The largest absolute Gasteiger partial charge is 0.388 e. The van der Waals surface area contributed by atoms with Crippen LogP contribution in [0.5, 0.6) is 0 Å². The molecule has 2 nitrogen and oxygen atoms in total. The van der Waals surface area contributed by atoms with Crippen molar-refractivity contribution in [3.8, 4) is 0 Å². The van der Waals surface area contributed by atoms with Crippen LogP contribution in [0.2, 0.25) is 0 Å². The van der Waals surface area contributed by atoms with Crippen molar-refractivity contribution in [1.82, 2.24) is 4.90 Å². The first kappa shape index (κ1) is 12.1. The van der Waals surface area contributed by atoms with E-state index in [1.165, 1.54) is 6.07 Å². The molecular weight excluding hydrogens is 193 g/mol. The molecule has 1 aromatic rings. The van der Waals surface area contributed by atoms with Crippen LogP contribution >= 0.6 is 0 Å². The Balaban J connectivity index is 3.17. The third kappa shape index (κ3) is 2.76. The van der Waals surface area contributed by atoms with Crippen LogP contribution in [0.4, 0.5) is 4.39 Å². The lowest BCUT2D eigenvalue weighted by molar-refractivity contribution is -0.00464. The number of nitrogens with zero attached hydrogens (tertiary/aromatic N) is 1. The van der Waals surface area contributed by atoms with Crippen LogP contribution in [0.3, 0.4) is 0 Å². The molecule has 0 bridgehead atoms. The maximum Gasteiger partial charge on any atom is 0.128 e. The molecule has 0 radical (unpaired) electrons. The lowest BCUT2D eigenvalue weighted by Crippen LogP contribution is -2.39. The molecule has 0 aliphatic rings. The maximum absolute atomic E-state index is 13.6. The Morgan fingerprint density at radius 3 is 2.20 bits per heavy atom. The van der Waals surface area contributed by atoms with E-state index in [9.17, 15) is 9.50 Å². The van der Waals surface area contributed by atoms with Gasteiger partial charge in [0.1, 0.15) is 5.82 Å². The molecule has 0 saturated carbocycles. The van der Waals surface area contributed by atoms with Gasteiger partial charge in [-0.25, -0.2) is 4.39 Å². The number of hydrogen-bond donors (Lipinski definition) is 1. The zero-order chi connectivity index (χ0) is 11.6. The van der Waals surface area contributed by atoms with E-state index in [4.69, 9.17) is 0 Å². The number of aliphatic hydroxyl groups is 1. The quantitative estimate of drug-likeness (QED) is 0.828. The van der Waals surface area contributed by atoms with Crippen molar-refractivity contribution in [2.75, 3.05) is 14.1 Å². The van der Waals surface area contributed by atoms with Gasteiger partial charge in [0.05, 0.1) is 11.6 Å². The summed E-state index contributed by atoms with van der Waals surface area (Å²) in [5, 5.41) is 10.0. The number of rotatable bonds is 3. The second kappa shape index (κ2) is 4.29. The highest BCUT2D eigenvalue weighted by Crippen LogP contribution is 2.31. The first-order valence-electron chi connectivity index (χ1n) is 4.97. The average molecular weight is 211 g/mol. The average Bonchev–Trinajstić information content (AvgIpc) is 2.05. The predicted molar refractivity (Wildman–Crippen MR) is 59.1 cm³/mol. The molecule has 1 rings (SSSR count). The van der Waals surface area contributed by atoms with Crippen molar-refractivity contribution in [3.05, 3.63) is 35.6 Å². The topological polar surface area (TPSA) is 23.5 Å². The van der Waals surface area contributed by atoms with Gasteiger partial charge in [0.15, 0.2) is 0 Å². The van der Waals surface area contributed by atoms with Crippen molar-refractivity contribution >= 4 is 0 Å². The Bertz CT molecular complexity index is 331. The summed E-state index contributed by atoms with van der Waals surface area (Å²) in [5.41, 5.74) is -0.457. The minimum absolute atomic E-state index is 0.279. The van der Waals surface area contributed by atoms with E-state index in [-0.39, 0.29) is 11.9 Å². The summed E-state index contributed by atoms with van der Waals surface area (Å²) in [4.78, 5) is 1.82. The molecule has 0 spiro atoms. The number of hydrogen-bond acceptors (Lipinski definition) is 2. The highest BCUT2D eigenvalue weighted by atomic mass is 19.1. The molecule has 1 unspecified atom stereocenters. The van der Waals surface area contributed by atoms with Crippen LogP contribution in [-0.4, -0.2) is 29.7 Å². The summed E-state index contributed by atoms with van der Waals surface area (Å²) in [6, 6.07) is 6.20. The smallest absolute Gasteiger partial charge is 0.128 e. The zero-order valence-corrected chi connectivity index (χ0v) is 9.66. The first-order valence-corrected chi connectivity index (χ1v) is 4.97. The fourth-order valence-corrected chi connectivity index (χ4v) is 1.99. The molecule has 1 N–H and O–H groups in total. The summed E-state index contributed by atoms with van der Waals surface area (Å²) >= 11 is 0. The summed E-state index contributed by atoms with van der Waals surface area (Å²) in [6.07, 6.45) is 0. The fourth-order valence-electron chi connectivity index (χ4n) is 1.99. The highest BCUT2D eigenvalue weighted by Gasteiger charge is 2.31. The third-order valence-corrected chi connectivity index (χ3v) is 2.39. The minimum atomic E-state index is -0.980. The Morgan fingerprint density at radius 1 is 1.27 bits per heavy atom. The van der Waals surface area contributed by atoms with Crippen LogP contribution in [0.15, 0.2) is 24.3 Å². The first-order chi connectivity index (χ1) is 6.84. The SMILES string of the molecule is CN(C)C(c1ccccc1F)C(C)(C)O. The van der Waals surface area contributed by atoms with Crippen LogP contribution in [0, 0.1) is 5.82 Å². The lowest BCUT2D eigenvalue weighted by atomic mass is 9.90. The van der Waals surface area contributed by atoms with Crippen molar-refractivity contribution in [3.63, 3.8) is 0 Å². The van der Waals surface area contributed by atoms with Gasteiger partial charge in [-0.15, -0.1) is 0 Å². The van der Waals surface area contributed by atoms with Crippen LogP contribution < -0.4 is 0 Å². The van der Waals surface area contributed by atoms with Gasteiger partial charge in [0, 0.05) is 5.56 Å². The summed E-state index contributed by atoms with van der Waals surface area (Å²) < 4.78 is 13.6. The van der Waals surface area contributed by atoms with Crippen molar-refractivity contribution in [2.45, 2.75) is 25.5 Å². The van der Waals surface area contributed by atoms with Crippen molar-refractivity contribution in [2.24, 2.45) is 0 Å². The van der Waals surface area contributed by atoms with Crippen molar-refractivity contribution in [1.29, 1.82) is 0 Å². The maximum atomic E-state index is 13.6. The molecule has 15 heavy (non-hydrogen) atoms. The molecule has 0 aliphatic heterocycles. The van der Waals surface area contributed by atoms with E-state index in [0.717, 1.165) is 0 Å².